The highest BCUT2D eigenvalue weighted by Crippen LogP contribution is 2.35. The van der Waals surface area contributed by atoms with Gasteiger partial charge in [-0.15, -0.1) is 0 Å². The fourth-order valence-electron chi connectivity index (χ4n) is 2.51. The van der Waals surface area contributed by atoms with Gasteiger partial charge in [0.1, 0.15) is 11.6 Å². The van der Waals surface area contributed by atoms with Gasteiger partial charge in [-0.05, 0) is 37.2 Å². The van der Waals surface area contributed by atoms with E-state index in [0.717, 1.165) is 48.9 Å². The van der Waals surface area contributed by atoms with Gasteiger partial charge >= 0.3 is 0 Å². The standard InChI is InChI=1S/C16H18ClN3O/c1-18-10-12-9-16(19-11-13(12)17)20-7-4-8-21-15-6-3-2-5-14(15)20/h2-3,5-6,9,11,18H,4,7-8,10H2,1H3. The van der Waals surface area contributed by atoms with Crippen molar-refractivity contribution in [3.63, 3.8) is 0 Å². The average molecular weight is 304 g/mol. The van der Waals surface area contributed by atoms with Crippen LogP contribution in [0.4, 0.5) is 11.5 Å². The molecule has 1 aliphatic rings. The molecule has 1 aromatic heterocycles. The monoisotopic (exact) mass is 303 g/mol. The molecule has 1 aliphatic heterocycles. The van der Waals surface area contributed by atoms with Gasteiger partial charge in [0, 0.05) is 19.3 Å². The molecule has 1 aromatic carbocycles. The van der Waals surface area contributed by atoms with Crippen molar-refractivity contribution in [2.45, 2.75) is 13.0 Å². The third-order valence-electron chi connectivity index (χ3n) is 3.50. The van der Waals surface area contributed by atoms with Crippen molar-refractivity contribution in [3.8, 4) is 5.75 Å². The smallest absolute Gasteiger partial charge is 0.142 e. The van der Waals surface area contributed by atoms with Crippen molar-refractivity contribution in [1.29, 1.82) is 0 Å². The number of aromatic nitrogens is 1. The van der Waals surface area contributed by atoms with E-state index in [0.29, 0.717) is 5.02 Å². The Morgan fingerprint density at radius 2 is 2.24 bits per heavy atom. The number of pyridine rings is 1. The SMILES string of the molecule is CNCc1cc(N2CCCOc3ccccc32)ncc1Cl. The summed E-state index contributed by atoms with van der Waals surface area (Å²) in [5.74, 6) is 1.81. The van der Waals surface area contributed by atoms with Crippen LogP contribution in [0.2, 0.25) is 5.02 Å². The number of benzene rings is 1. The fourth-order valence-corrected chi connectivity index (χ4v) is 2.68. The third kappa shape index (κ3) is 2.96. The van der Waals surface area contributed by atoms with Crippen LogP contribution in [-0.2, 0) is 6.54 Å². The molecule has 2 aromatic rings. The lowest BCUT2D eigenvalue weighted by Gasteiger charge is -2.23. The molecule has 21 heavy (non-hydrogen) atoms. The van der Waals surface area contributed by atoms with Gasteiger partial charge in [-0.25, -0.2) is 4.98 Å². The maximum atomic E-state index is 6.20. The van der Waals surface area contributed by atoms with E-state index in [9.17, 15) is 0 Å². The van der Waals surface area contributed by atoms with Gasteiger partial charge in [-0.3, -0.25) is 0 Å². The van der Waals surface area contributed by atoms with E-state index in [2.05, 4.69) is 21.3 Å². The van der Waals surface area contributed by atoms with Crippen LogP contribution in [-0.4, -0.2) is 25.2 Å². The van der Waals surface area contributed by atoms with E-state index in [-0.39, 0.29) is 0 Å². The number of anilines is 2. The minimum atomic E-state index is 0.687. The second-order valence-corrected chi connectivity index (χ2v) is 5.39. The first-order valence-electron chi connectivity index (χ1n) is 7.08. The van der Waals surface area contributed by atoms with E-state index < -0.39 is 0 Å². The van der Waals surface area contributed by atoms with Crippen LogP contribution in [0.1, 0.15) is 12.0 Å². The zero-order chi connectivity index (χ0) is 14.7. The number of hydrogen-bond donors (Lipinski definition) is 1. The molecule has 0 fully saturated rings. The Bertz CT molecular complexity index is 633. The number of hydrogen-bond acceptors (Lipinski definition) is 4. The summed E-state index contributed by atoms with van der Waals surface area (Å²) in [7, 11) is 1.91. The molecule has 0 amide bonds. The van der Waals surface area contributed by atoms with Crippen LogP contribution in [0.3, 0.4) is 0 Å². The molecular weight excluding hydrogens is 286 g/mol. The van der Waals surface area contributed by atoms with Gasteiger partial charge in [0.15, 0.2) is 0 Å². The van der Waals surface area contributed by atoms with E-state index in [1.807, 2.05) is 31.3 Å². The molecule has 5 heteroatoms. The molecule has 0 aliphatic carbocycles. The van der Waals surface area contributed by atoms with E-state index in [1.54, 1.807) is 6.20 Å². The Labute approximate surface area is 129 Å². The molecule has 110 valence electrons. The highest BCUT2D eigenvalue weighted by molar-refractivity contribution is 6.31. The lowest BCUT2D eigenvalue weighted by molar-refractivity contribution is 0.322. The first-order chi connectivity index (χ1) is 10.3. The number of fused-ring (bicyclic) bond motifs is 1. The lowest BCUT2D eigenvalue weighted by atomic mass is 10.2. The van der Waals surface area contributed by atoms with Crippen molar-refractivity contribution in [2.75, 3.05) is 25.1 Å². The first-order valence-corrected chi connectivity index (χ1v) is 7.46. The van der Waals surface area contributed by atoms with Crippen molar-refractivity contribution >= 4 is 23.1 Å². The molecule has 0 saturated heterocycles. The predicted molar refractivity (Wildman–Crippen MR) is 85.6 cm³/mol. The molecule has 0 unspecified atom stereocenters. The van der Waals surface area contributed by atoms with Crippen LogP contribution in [0, 0.1) is 0 Å². The highest BCUT2D eigenvalue weighted by Gasteiger charge is 2.19. The van der Waals surface area contributed by atoms with Gasteiger partial charge in [0.25, 0.3) is 0 Å². The van der Waals surface area contributed by atoms with Gasteiger partial charge < -0.3 is 15.0 Å². The molecule has 3 rings (SSSR count). The van der Waals surface area contributed by atoms with Crippen LogP contribution in [0.25, 0.3) is 0 Å². The molecule has 0 bridgehead atoms. The molecule has 0 saturated carbocycles. The average Bonchev–Trinajstić information content (AvgIpc) is 2.72. The Morgan fingerprint density at radius 3 is 3.10 bits per heavy atom. The quantitative estimate of drug-likeness (QED) is 0.943. The van der Waals surface area contributed by atoms with Crippen molar-refractivity contribution in [2.24, 2.45) is 0 Å². The highest BCUT2D eigenvalue weighted by atomic mass is 35.5. The van der Waals surface area contributed by atoms with Gasteiger partial charge in [-0.1, -0.05) is 23.7 Å². The summed E-state index contributed by atoms with van der Waals surface area (Å²) < 4.78 is 5.79. The molecule has 2 heterocycles. The summed E-state index contributed by atoms with van der Waals surface area (Å²) in [4.78, 5) is 6.69. The maximum Gasteiger partial charge on any atom is 0.142 e. The summed E-state index contributed by atoms with van der Waals surface area (Å²) in [5.41, 5.74) is 2.10. The first kappa shape index (κ1) is 14.2. The Morgan fingerprint density at radius 1 is 1.38 bits per heavy atom. The minimum Gasteiger partial charge on any atom is -0.491 e. The summed E-state index contributed by atoms with van der Waals surface area (Å²) in [6.07, 6.45) is 2.68. The fraction of sp³-hybridized carbons (Fsp3) is 0.312. The number of halogens is 1. The number of para-hydroxylation sites is 2. The maximum absolute atomic E-state index is 6.20. The van der Waals surface area contributed by atoms with Crippen molar-refractivity contribution in [3.05, 3.63) is 47.1 Å². The summed E-state index contributed by atoms with van der Waals surface area (Å²) in [6, 6.07) is 10.1. The van der Waals surface area contributed by atoms with Crippen molar-refractivity contribution in [1.82, 2.24) is 10.3 Å². The zero-order valence-corrected chi connectivity index (χ0v) is 12.7. The van der Waals surface area contributed by atoms with Crippen LogP contribution < -0.4 is 15.0 Å². The molecule has 0 radical (unpaired) electrons. The van der Waals surface area contributed by atoms with Gasteiger partial charge in [-0.2, -0.15) is 0 Å². The Balaban J connectivity index is 2.01. The number of nitrogens with zero attached hydrogens (tertiary/aromatic N) is 2. The molecular formula is C16H18ClN3O. The van der Waals surface area contributed by atoms with Crippen molar-refractivity contribution < 1.29 is 4.74 Å². The van der Waals surface area contributed by atoms with Gasteiger partial charge in [0.2, 0.25) is 0 Å². The van der Waals surface area contributed by atoms with Crippen LogP contribution >= 0.6 is 11.6 Å². The third-order valence-corrected chi connectivity index (χ3v) is 3.84. The zero-order valence-electron chi connectivity index (χ0n) is 12.0. The Kier molecular flexibility index (Phi) is 4.27. The second kappa shape index (κ2) is 6.33. The predicted octanol–water partition coefficient (Wildman–Crippen LogP) is 3.38. The van der Waals surface area contributed by atoms with Crippen LogP contribution in [0.15, 0.2) is 36.5 Å². The number of rotatable bonds is 3. The largest absolute Gasteiger partial charge is 0.491 e. The lowest BCUT2D eigenvalue weighted by Crippen LogP contribution is -2.19. The normalized spacial score (nSPS) is 14.3. The Hall–Kier alpha value is -1.78. The summed E-state index contributed by atoms with van der Waals surface area (Å²) in [6.45, 7) is 2.33. The number of nitrogens with one attached hydrogen (secondary N) is 1. The van der Waals surface area contributed by atoms with E-state index in [1.165, 1.54) is 0 Å². The molecule has 1 N–H and O–H groups in total. The summed E-state index contributed by atoms with van der Waals surface area (Å²) >= 11 is 6.20. The number of ether oxygens (including phenoxy) is 1. The molecule has 0 atom stereocenters. The van der Waals surface area contributed by atoms with E-state index >= 15 is 0 Å². The minimum absolute atomic E-state index is 0.687. The van der Waals surface area contributed by atoms with Crippen LogP contribution in [0.5, 0.6) is 5.75 Å². The molecule has 4 nitrogen and oxygen atoms in total. The van der Waals surface area contributed by atoms with Gasteiger partial charge in [0.05, 0.1) is 17.3 Å². The summed E-state index contributed by atoms with van der Waals surface area (Å²) in [5, 5.41) is 3.82. The second-order valence-electron chi connectivity index (χ2n) is 4.99. The topological polar surface area (TPSA) is 37.4 Å². The molecule has 0 spiro atoms. The van der Waals surface area contributed by atoms with E-state index in [4.69, 9.17) is 16.3 Å².